The van der Waals surface area contributed by atoms with Crippen LogP contribution in [0.5, 0.6) is 0 Å². The van der Waals surface area contributed by atoms with Crippen molar-refractivity contribution in [2.75, 3.05) is 13.7 Å². The Morgan fingerprint density at radius 1 is 1.32 bits per heavy atom. The van der Waals surface area contributed by atoms with Crippen molar-refractivity contribution in [2.24, 2.45) is 10.2 Å². The van der Waals surface area contributed by atoms with E-state index in [1.165, 1.54) is 0 Å². The van der Waals surface area contributed by atoms with Gasteiger partial charge in [0.05, 0.1) is 11.4 Å². The van der Waals surface area contributed by atoms with Gasteiger partial charge < -0.3 is 4.74 Å². The number of allylic oxidation sites excluding steroid dienone is 4. The van der Waals surface area contributed by atoms with Crippen molar-refractivity contribution in [2.45, 2.75) is 13.8 Å². The van der Waals surface area contributed by atoms with Crippen molar-refractivity contribution in [1.82, 2.24) is 0 Å². The number of azo groups is 1. The van der Waals surface area contributed by atoms with Crippen LogP contribution in [0, 0.1) is 0 Å². The fourth-order valence-corrected chi connectivity index (χ4v) is 0.947. The molecule has 1 aromatic carbocycles. The van der Waals surface area contributed by atoms with Gasteiger partial charge in [0, 0.05) is 13.7 Å². The Morgan fingerprint density at radius 3 is 2.42 bits per heavy atom. The molecule has 0 spiro atoms. The van der Waals surface area contributed by atoms with E-state index in [2.05, 4.69) is 21.5 Å². The molecule has 1 rings (SSSR count). The Morgan fingerprint density at radius 2 is 1.95 bits per heavy atom. The van der Waals surface area contributed by atoms with Crippen LogP contribution in [0.4, 0.5) is 5.69 Å². The monoisotopic (exact) mass is 258 g/mol. The van der Waals surface area contributed by atoms with Crippen molar-refractivity contribution in [3.63, 3.8) is 0 Å². The maximum Gasteiger partial charge on any atom is 0.0857 e. The smallest absolute Gasteiger partial charge is 0.0857 e. The van der Waals surface area contributed by atoms with E-state index in [4.69, 9.17) is 0 Å². The average Bonchev–Trinajstić information content (AvgIpc) is 2.49. The maximum atomic E-state index is 4.54. The van der Waals surface area contributed by atoms with Crippen molar-refractivity contribution >= 4 is 5.69 Å². The highest BCUT2D eigenvalue weighted by molar-refractivity contribution is 5.35. The zero-order chi connectivity index (χ0) is 14.3. The molecular weight excluding hydrogens is 236 g/mol. The number of hydrogen-bond acceptors (Lipinski definition) is 3. The van der Waals surface area contributed by atoms with Crippen LogP contribution >= 0.6 is 0 Å². The lowest BCUT2D eigenvalue weighted by Gasteiger charge is -1.91. The van der Waals surface area contributed by atoms with Crippen molar-refractivity contribution in [3.8, 4) is 0 Å². The highest BCUT2D eigenvalue weighted by atomic mass is 16.5. The summed E-state index contributed by atoms with van der Waals surface area (Å²) < 4.78 is 4.54. The summed E-state index contributed by atoms with van der Waals surface area (Å²) >= 11 is 0. The number of hydrogen-bond donors (Lipinski definition) is 0. The summed E-state index contributed by atoms with van der Waals surface area (Å²) in [6, 6.07) is 9.61. The second kappa shape index (κ2) is 12.5. The summed E-state index contributed by atoms with van der Waals surface area (Å²) in [5.41, 5.74) is 1.59. The highest BCUT2D eigenvalue weighted by Gasteiger charge is 1.86. The van der Waals surface area contributed by atoms with Crippen LogP contribution in [0.3, 0.4) is 0 Å². The molecule has 102 valence electrons. The molecule has 0 saturated carbocycles. The lowest BCUT2D eigenvalue weighted by atomic mass is 10.3. The molecule has 3 heteroatoms. The van der Waals surface area contributed by atoms with E-state index in [-0.39, 0.29) is 0 Å². The first-order valence-corrected chi connectivity index (χ1v) is 6.19. The summed E-state index contributed by atoms with van der Waals surface area (Å²) in [6.07, 6.45) is 7.37. The number of methoxy groups -OCH3 is 1. The van der Waals surface area contributed by atoms with Gasteiger partial charge in [-0.05, 0) is 38.1 Å². The quantitative estimate of drug-likeness (QED) is 0.536. The van der Waals surface area contributed by atoms with Crippen molar-refractivity contribution in [1.29, 1.82) is 0 Å². The minimum absolute atomic E-state index is 0.747. The van der Waals surface area contributed by atoms with Crippen LogP contribution < -0.4 is 0 Å². The van der Waals surface area contributed by atoms with Gasteiger partial charge in [0.2, 0.25) is 0 Å². The Balaban J connectivity index is 0.000000711. The van der Waals surface area contributed by atoms with E-state index >= 15 is 0 Å². The molecule has 0 fully saturated rings. The van der Waals surface area contributed by atoms with E-state index < -0.39 is 0 Å². The molecule has 0 aliphatic rings. The topological polar surface area (TPSA) is 34.0 Å². The third-order valence-corrected chi connectivity index (χ3v) is 1.99. The number of nitrogens with zero attached hydrogens (tertiary/aromatic N) is 2. The van der Waals surface area contributed by atoms with Gasteiger partial charge in [0.1, 0.15) is 0 Å². The van der Waals surface area contributed by atoms with E-state index in [0.717, 1.165) is 18.0 Å². The van der Waals surface area contributed by atoms with Gasteiger partial charge in [0.25, 0.3) is 0 Å². The second-order valence-corrected chi connectivity index (χ2v) is 3.43. The summed E-state index contributed by atoms with van der Waals surface area (Å²) in [7, 11) is 1.68. The molecule has 0 aliphatic heterocycles. The van der Waals surface area contributed by atoms with Crippen molar-refractivity contribution < 1.29 is 4.74 Å². The van der Waals surface area contributed by atoms with Gasteiger partial charge in [-0.15, -0.1) is 0 Å². The first kappa shape index (κ1) is 17.0. The zero-order valence-electron chi connectivity index (χ0n) is 11.9. The maximum absolute atomic E-state index is 4.54. The summed E-state index contributed by atoms with van der Waals surface area (Å²) in [4.78, 5) is 0. The SMILES string of the molecule is C=C/C(=C\C=C/C)N=Nc1ccccc1.CCOC. The molecule has 0 atom stereocenters. The predicted molar refractivity (Wildman–Crippen MR) is 81.6 cm³/mol. The lowest BCUT2D eigenvalue weighted by molar-refractivity contribution is 0.215. The first-order chi connectivity index (χ1) is 9.28. The number of benzene rings is 1. The number of ether oxygens (including phenoxy) is 1. The molecule has 0 unspecified atom stereocenters. The molecule has 0 aromatic heterocycles. The molecule has 19 heavy (non-hydrogen) atoms. The normalized spacial score (nSPS) is 11.4. The molecule has 0 heterocycles. The fourth-order valence-electron chi connectivity index (χ4n) is 0.947. The Bertz CT molecular complexity index is 418. The summed E-state index contributed by atoms with van der Waals surface area (Å²) in [5.74, 6) is 0. The van der Waals surface area contributed by atoms with E-state index in [9.17, 15) is 0 Å². The van der Waals surface area contributed by atoms with Gasteiger partial charge in [-0.1, -0.05) is 36.9 Å². The van der Waals surface area contributed by atoms with Crippen LogP contribution in [-0.2, 0) is 4.74 Å². The van der Waals surface area contributed by atoms with E-state index in [1.807, 2.05) is 62.4 Å². The van der Waals surface area contributed by atoms with Crippen LogP contribution in [0.15, 0.2) is 77.1 Å². The van der Waals surface area contributed by atoms with Crippen LogP contribution in [-0.4, -0.2) is 13.7 Å². The largest absolute Gasteiger partial charge is 0.385 e. The lowest BCUT2D eigenvalue weighted by Crippen LogP contribution is -1.73. The Labute approximate surface area is 116 Å². The van der Waals surface area contributed by atoms with Gasteiger partial charge in [-0.2, -0.15) is 10.2 Å². The molecule has 0 bridgehead atoms. The third-order valence-electron chi connectivity index (χ3n) is 1.99. The highest BCUT2D eigenvalue weighted by Crippen LogP contribution is 2.12. The zero-order valence-corrected chi connectivity index (χ0v) is 11.9. The van der Waals surface area contributed by atoms with Crippen LogP contribution in [0.1, 0.15) is 13.8 Å². The molecule has 0 radical (unpaired) electrons. The minimum atomic E-state index is 0.747. The summed E-state index contributed by atoms with van der Waals surface area (Å²) in [5, 5.41) is 8.15. The van der Waals surface area contributed by atoms with Crippen LogP contribution in [0.25, 0.3) is 0 Å². The van der Waals surface area contributed by atoms with Gasteiger partial charge in [0.15, 0.2) is 0 Å². The fraction of sp³-hybridized carbons (Fsp3) is 0.250. The Hall–Kier alpha value is -2.00. The Kier molecular flexibility index (Phi) is 11.1. The third kappa shape index (κ3) is 9.68. The van der Waals surface area contributed by atoms with Gasteiger partial charge in [-0.3, -0.25) is 0 Å². The molecule has 3 nitrogen and oxygen atoms in total. The predicted octanol–water partition coefficient (Wildman–Crippen LogP) is 5.07. The molecule has 0 N–H and O–H groups in total. The van der Waals surface area contributed by atoms with Gasteiger partial charge in [-0.25, -0.2) is 0 Å². The standard InChI is InChI=1S/C13H14N2.C3H8O/c1-3-5-9-12(4-2)14-15-13-10-7-6-8-11-13;1-3-4-2/h3-11H,2H2,1H3;3H2,1-2H3/b5-3-,12-9+,15-14?;. The molecule has 0 aliphatic carbocycles. The minimum Gasteiger partial charge on any atom is -0.385 e. The second-order valence-electron chi connectivity index (χ2n) is 3.43. The molecular formula is C16H22N2O. The first-order valence-electron chi connectivity index (χ1n) is 6.19. The van der Waals surface area contributed by atoms with Gasteiger partial charge >= 0.3 is 0 Å². The molecule has 1 aromatic rings. The number of rotatable bonds is 5. The van der Waals surface area contributed by atoms with E-state index in [1.54, 1.807) is 13.2 Å². The summed E-state index contributed by atoms with van der Waals surface area (Å²) in [6.45, 7) is 8.40. The average molecular weight is 258 g/mol. The van der Waals surface area contributed by atoms with Crippen LogP contribution in [0.2, 0.25) is 0 Å². The van der Waals surface area contributed by atoms with E-state index in [0.29, 0.717) is 0 Å². The van der Waals surface area contributed by atoms with Crippen molar-refractivity contribution in [3.05, 3.63) is 66.9 Å². The molecule has 0 saturated heterocycles. The molecule has 0 amide bonds.